The summed E-state index contributed by atoms with van der Waals surface area (Å²) < 4.78 is 0. The lowest BCUT2D eigenvalue weighted by Gasteiger charge is -2.19. The first kappa shape index (κ1) is 10.7. The smallest absolute Gasteiger partial charge is 0.114 e. The number of hydrogen-bond acceptors (Lipinski definition) is 2. The van der Waals surface area contributed by atoms with E-state index in [-0.39, 0.29) is 12.1 Å². The van der Waals surface area contributed by atoms with Gasteiger partial charge in [0.1, 0.15) is 12.1 Å². The Hall–Kier alpha value is -0.380. The number of quaternary nitrogens is 1. The van der Waals surface area contributed by atoms with Gasteiger partial charge in [0.05, 0.1) is 11.5 Å². The minimum Gasteiger partial charge on any atom is -0.390 e. The molecule has 0 aliphatic heterocycles. The fraction of sp³-hybridized carbons (Fsp3) is 0.600. The van der Waals surface area contributed by atoms with Crippen molar-refractivity contribution in [2.24, 2.45) is 0 Å². The van der Waals surface area contributed by atoms with Crippen LogP contribution in [-0.2, 0) is 6.54 Å². The Bertz CT molecular complexity index is 268. The quantitative estimate of drug-likeness (QED) is 0.744. The van der Waals surface area contributed by atoms with Gasteiger partial charge in [0.15, 0.2) is 0 Å². The number of hydrogen-bond donors (Lipinski definition) is 2. The SMILES string of the molecule is Cc1ccc(C[NH2+]C(C)(C)CO)s1. The van der Waals surface area contributed by atoms with Gasteiger partial charge in [-0.2, -0.15) is 0 Å². The Labute approximate surface area is 83.6 Å². The van der Waals surface area contributed by atoms with Gasteiger partial charge in [0, 0.05) is 4.88 Å². The third-order valence-electron chi connectivity index (χ3n) is 2.06. The minimum atomic E-state index is -0.0576. The van der Waals surface area contributed by atoms with Crippen LogP contribution in [0.25, 0.3) is 0 Å². The van der Waals surface area contributed by atoms with E-state index in [1.165, 1.54) is 9.75 Å². The van der Waals surface area contributed by atoms with E-state index in [0.717, 1.165) is 6.54 Å². The first-order chi connectivity index (χ1) is 6.03. The lowest BCUT2D eigenvalue weighted by Crippen LogP contribution is -2.94. The Balaban J connectivity index is 2.43. The molecule has 3 N–H and O–H groups in total. The van der Waals surface area contributed by atoms with Crippen molar-refractivity contribution in [1.82, 2.24) is 0 Å². The van der Waals surface area contributed by atoms with Gasteiger partial charge in [0.25, 0.3) is 0 Å². The molecule has 0 radical (unpaired) electrons. The highest BCUT2D eigenvalue weighted by Gasteiger charge is 2.19. The van der Waals surface area contributed by atoms with Gasteiger partial charge in [-0.3, -0.25) is 0 Å². The van der Waals surface area contributed by atoms with Crippen LogP contribution in [0, 0.1) is 6.92 Å². The maximum atomic E-state index is 9.05. The van der Waals surface area contributed by atoms with Crippen LogP contribution in [-0.4, -0.2) is 17.3 Å². The highest BCUT2D eigenvalue weighted by molar-refractivity contribution is 7.11. The molecule has 3 heteroatoms. The summed E-state index contributed by atoms with van der Waals surface area (Å²) in [6, 6.07) is 4.30. The van der Waals surface area contributed by atoms with Crippen molar-refractivity contribution in [2.75, 3.05) is 6.61 Å². The predicted octanol–water partition coefficient (Wildman–Crippen LogP) is 0.891. The van der Waals surface area contributed by atoms with Crippen molar-refractivity contribution in [2.45, 2.75) is 32.9 Å². The maximum Gasteiger partial charge on any atom is 0.114 e. The summed E-state index contributed by atoms with van der Waals surface area (Å²) in [5.41, 5.74) is -0.0576. The van der Waals surface area contributed by atoms with Crippen molar-refractivity contribution < 1.29 is 10.4 Å². The summed E-state index contributed by atoms with van der Waals surface area (Å²) >= 11 is 1.83. The summed E-state index contributed by atoms with van der Waals surface area (Å²) in [6.07, 6.45) is 0. The van der Waals surface area contributed by atoms with Crippen molar-refractivity contribution >= 4 is 11.3 Å². The first-order valence-corrected chi connectivity index (χ1v) is 5.36. The largest absolute Gasteiger partial charge is 0.390 e. The predicted molar refractivity (Wildman–Crippen MR) is 55.9 cm³/mol. The number of nitrogens with two attached hydrogens (primary N) is 1. The molecule has 0 amide bonds. The van der Waals surface area contributed by atoms with E-state index in [9.17, 15) is 0 Å². The molecule has 0 spiro atoms. The number of rotatable bonds is 4. The van der Waals surface area contributed by atoms with Gasteiger partial charge in [-0.15, -0.1) is 11.3 Å². The number of aliphatic hydroxyl groups is 1. The van der Waals surface area contributed by atoms with Crippen LogP contribution in [0.5, 0.6) is 0 Å². The fourth-order valence-corrected chi connectivity index (χ4v) is 1.89. The zero-order valence-corrected chi connectivity index (χ0v) is 9.32. The molecule has 0 saturated carbocycles. The van der Waals surface area contributed by atoms with E-state index in [2.05, 4.69) is 24.4 Å². The van der Waals surface area contributed by atoms with Gasteiger partial charge in [0.2, 0.25) is 0 Å². The molecular weight excluding hydrogens is 182 g/mol. The van der Waals surface area contributed by atoms with Gasteiger partial charge in [-0.05, 0) is 32.9 Å². The van der Waals surface area contributed by atoms with Crippen molar-refractivity contribution in [3.8, 4) is 0 Å². The number of aryl methyl sites for hydroxylation is 1. The molecule has 1 aromatic heterocycles. The Morgan fingerprint density at radius 3 is 2.62 bits per heavy atom. The normalized spacial score (nSPS) is 12.0. The first-order valence-electron chi connectivity index (χ1n) is 4.54. The summed E-state index contributed by atoms with van der Waals surface area (Å²) in [7, 11) is 0. The highest BCUT2D eigenvalue weighted by Crippen LogP contribution is 2.13. The standard InChI is InChI=1S/C10H17NOS/c1-8-4-5-9(13-8)6-11-10(2,3)7-12/h4-5,11-12H,6-7H2,1-3H3/p+1. The number of aliphatic hydroxyl groups excluding tert-OH is 1. The average molecular weight is 200 g/mol. The molecule has 0 aliphatic rings. The summed E-state index contributed by atoms with van der Waals surface area (Å²) in [5, 5.41) is 11.2. The Kier molecular flexibility index (Phi) is 3.47. The third kappa shape index (κ3) is 3.46. The molecule has 2 nitrogen and oxygen atoms in total. The molecule has 0 aliphatic carbocycles. The molecule has 74 valence electrons. The van der Waals surface area contributed by atoms with E-state index >= 15 is 0 Å². The molecule has 0 aromatic carbocycles. The van der Waals surface area contributed by atoms with Crippen LogP contribution >= 0.6 is 11.3 Å². The summed E-state index contributed by atoms with van der Waals surface area (Å²) in [6.45, 7) is 7.40. The van der Waals surface area contributed by atoms with Gasteiger partial charge in [-0.1, -0.05) is 0 Å². The number of thiophene rings is 1. The van der Waals surface area contributed by atoms with Crippen molar-refractivity contribution in [1.29, 1.82) is 0 Å². The maximum absolute atomic E-state index is 9.05. The van der Waals surface area contributed by atoms with Gasteiger partial charge in [-0.25, -0.2) is 0 Å². The van der Waals surface area contributed by atoms with E-state index in [0.29, 0.717) is 0 Å². The minimum absolute atomic E-state index is 0.0576. The molecule has 0 atom stereocenters. The van der Waals surface area contributed by atoms with Crippen molar-refractivity contribution in [3.63, 3.8) is 0 Å². The van der Waals surface area contributed by atoms with Gasteiger partial charge >= 0.3 is 0 Å². The summed E-state index contributed by atoms with van der Waals surface area (Å²) in [4.78, 5) is 2.73. The second-order valence-electron chi connectivity index (χ2n) is 4.07. The second-order valence-corrected chi connectivity index (χ2v) is 5.44. The highest BCUT2D eigenvalue weighted by atomic mass is 32.1. The molecule has 13 heavy (non-hydrogen) atoms. The monoisotopic (exact) mass is 200 g/mol. The van der Waals surface area contributed by atoms with E-state index in [1.54, 1.807) is 0 Å². The molecule has 0 saturated heterocycles. The zero-order valence-electron chi connectivity index (χ0n) is 8.50. The third-order valence-corrected chi connectivity index (χ3v) is 3.08. The molecule has 0 bridgehead atoms. The van der Waals surface area contributed by atoms with E-state index in [4.69, 9.17) is 5.11 Å². The average Bonchev–Trinajstić information content (AvgIpc) is 2.48. The zero-order chi connectivity index (χ0) is 9.90. The lowest BCUT2D eigenvalue weighted by atomic mass is 10.1. The van der Waals surface area contributed by atoms with Crippen LogP contribution in [0.1, 0.15) is 23.6 Å². The topological polar surface area (TPSA) is 36.8 Å². The molecule has 1 rings (SSSR count). The molecule has 1 aromatic rings. The van der Waals surface area contributed by atoms with E-state index in [1.807, 2.05) is 25.2 Å². The lowest BCUT2D eigenvalue weighted by molar-refractivity contribution is -0.736. The van der Waals surface area contributed by atoms with Crippen LogP contribution in [0.15, 0.2) is 12.1 Å². The van der Waals surface area contributed by atoms with Crippen LogP contribution in [0.3, 0.4) is 0 Å². The Morgan fingerprint density at radius 2 is 2.15 bits per heavy atom. The molecule has 0 fully saturated rings. The summed E-state index contributed by atoms with van der Waals surface area (Å²) in [5.74, 6) is 0. The van der Waals surface area contributed by atoms with Crippen LogP contribution in [0.2, 0.25) is 0 Å². The fourth-order valence-electron chi connectivity index (χ4n) is 1.04. The van der Waals surface area contributed by atoms with Crippen molar-refractivity contribution in [3.05, 3.63) is 21.9 Å². The molecular formula is C10H18NOS+. The van der Waals surface area contributed by atoms with E-state index < -0.39 is 0 Å². The van der Waals surface area contributed by atoms with Crippen LogP contribution < -0.4 is 5.32 Å². The Morgan fingerprint density at radius 1 is 1.46 bits per heavy atom. The van der Waals surface area contributed by atoms with Crippen LogP contribution in [0.4, 0.5) is 0 Å². The molecule has 0 unspecified atom stereocenters. The molecule has 1 heterocycles. The second kappa shape index (κ2) is 4.22. The van der Waals surface area contributed by atoms with Gasteiger partial charge < -0.3 is 10.4 Å².